The van der Waals surface area contributed by atoms with Crippen LogP contribution in [0.3, 0.4) is 0 Å². The maximum Gasteiger partial charge on any atom is 0.249 e. The largest absolute Gasteiger partial charge is 0.467 e. The Labute approximate surface area is 96.0 Å². The molecule has 0 bridgehead atoms. The van der Waals surface area contributed by atoms with Gasteiger partial charge in [0.25, 0.3) is 0 Å². The molecule has 1 amide bonds. The van der Waals surface area contributed by atoms with Crippen molar-refractivity contribution in [3.63, 3.8) is 0 Å². The highest BCUT2D eigenvalue weighted by atomic mass is 16.5. The van der Waals surface area contributed by atoms with Crippen LogP contribution in [0.1, 0.15) is 26.5 Å². The minimum atomic E-state index is -0.419. The fourth-order valence-electron chi connectivity index (χ4n) is 1.14. The van der Waals surface area contributed by atoms with E-state index in [0.717, 1.165) is 5.76 Å². The van der Waals surface area contributed by atoms with Crippen LogP contribution in [0.2, 0.25) is 0 Å². The van der Waals surface area contributed by atoms with Crippen LogP contribution in [0.4, 0.5) is 0 Å². The number of furan rings is 1. The molecule has 4 heteroatoms. The van der Waals surface area contributed by atoms with Crippen LogP contribution < -0.4 is 5.32 Å². The zero-order valence-electron chi connectivity index (χ0n) is 10.0. The molecule has 0 saturated carbocycles. The summed E-state index contributed by atoms with van der Waals surface area (Å²) in [6, 6.07) is 3.61. The Kier molecular flexibility index (Phi) is 5.05. The predicted molar refractivity (Wildman–Crippen MR) is 60.8 cm³/mol. The van der Waals surface area contributed by atoms with Gasteiger partial charge in [0.2, 0.25) is 5.91 Å². The highest BCUT2D eigenvalue weighted by molar-refractivity contribution is 5.80. The van der Waals surface area contributed by atoms with Gasteiger partial charge in [-0.3, -0.25) is 4.79 Å². The van der Waals surface area contributed by atoms with Gasteiger partial charge in [-0.25, -0.2) is 0 Å². The third kappa shape index (κ3) is 4.49. The highest BCUT2D eigenvalue weighted by Crippen LogP contribution is 2.01. The topological polar surface area (TPSA) is 51.5 Å². The second-order valence-electron chi connectivity index (χ2n) is 4.17. The molecule has 0 aromatic carbocycles. The molecule has 0 aliphatic heterocycles. The number of hydrogen-bond donors (Lipinski definition) is 1. The van der Waals surface area contributed by atoms with E-state index < -0.39 is 6.10 Å². The number of ether oxygens (including phenoxy) is 1. The van der Waals surface area contributed by atoms with Gasteiger partial charge in [0.05, 0.1) is 12.8 Å². The molecule has 0 aliphatic rings. The van der Waals surface area contributed by atoms with E-state index in [0.29, 0.717) is 19.1 Å². The molecule has 0 saturated heterocycles. The van der Waals surface area contributed by atoms with Crippen molar-refractivity contribution in [3.05, 3.63) is 24.2 Å². The molecule has 0 unspecified atom stereocenters. The summed E-state index contributed by atoms with van der Waals surface area (Å²) in [5.41, 5.74) is 0. The molecule has 1 N–H and O–H groups in total. The predicted octanol–water partition coefficient (Wildman–Crippen LogP) is 1.96. The fourth-order valence-corrected chi connectivity index (χ4v) is 1.14. The van der Waals surface area contributed by atoms with Crippen LogP contribution in [0.25, 0.3) is 0 Å². The molecule has 4 nitrogen and oxygen atoms in total. The Morgan fingerprint density at radius 1 is 1.50 bits per heavy atom. The van der Waals surface area contributed by atoms with Crippen LogP contribution in [0, 0.1) is 5.92 Å². The minimum Gasteiger partial charge on any atom is -0.467 e. The molecule has 1 aromatic heterocycles. The number of carbonyl (C=O) groups is 1. The molecule has 1 rings (SSSR count). The van der Waals surface area contributed by atoms with Gasteiger partial charge in [-0.15, -0.1) is 0 Å². The summed E-state index contributed by atoms with van der Waals surface area (Å²) < 4.78 is 10.5. The monoisotopic (exact) mass is 225 g/mol. The smallest absolute Gasteiger partial charge is 0.249 e. The van der Waals surface area contributed by atoms with Gasteiger partial charge in [0.15, 0.2) is 0 Å². The summed E-state index contributed by atoms with van der Waals surface area (Å²) >= 11 is 0. The number of rotatable bonds is 6. The van der Waals surface area contributed by atoms with E-state index in [9.17, 15) is 4.79 Å². The van der Waals surface area contributed by atoms with Gasteiger partial charge in [0.1, 0.15) is 11.9 Å². The number of carbonyl (C=O) groups excluding carboxylic acids is 1. The van der Waals surface area contributed by atoms with Crippen molar-refractivity contribution < 1.29 is 13.9 Å². The SMILES string of the molecule is CC(C)CO[C@@H](C)C(=O)NCc1ccco1. The van der Waals surface area contributed by atoms with Crippen LogP contribution in [-0.4, -0.2) is 18.6 Å². The van der Waals surface area contributed by atoms with E-state index in [1.807, 2.05) is 19.9 Å². The maximum atomic E-state index is 11.6. The van der Waals surface area contributed by atoms with Gasteiger partial charge < -0.3 is 14.5 Å². The second kappa shape index (κ2) is 6.33. The Morgan fingerprint density at radius 3 is 2.81 bits per heavy atom. The molecular formula is C12H19NO3. The third-order valence-electron chi connectivity index (χ3n) is 2.07. The molecular weight excluding hydrogens is 206 g/mol. The van der Waals surface area contributed by atoms with Gasteiger partial charge >= 0.3 is 0 Å². The summed E-state index contributed by atoms with van der Waals surface area (Å²) in [6.07, 6.45) is 1.16. The molecule has 16 heavy (non-hydrogen) atoms. The van der Waals surface area contributed by atoms with E-state index in [1.165, 1.54) is 0 Å². The third-order valence-corrected chi connectivity index (χ3v) is 2.07. The average molecular weight is 225 g/mol. The lowest BCUT2D eigenvalue weighted by atomic mass is 10.2. The standard InChI is InChI=1S/C12H19NO3/c1-9(2)8-16-10(3)12(14)13-7-11-5-4-6-15-11/h4-6,9-10H,7-8H2,1-3H3,(H,13,14)/t10-/m0/s1. The summed E-state index contributed by atoms with van der Waals surface area (Å²) in [5.74, 6) is 1.06. The average Bonchev–Trinajstić information content (AvgIpc) is 2.75. The lowest BCUT2D eigenvalue weighted by Gasteiger charge is -2.14. The van der Waals surface area contributed by atoms with Crippen molar-refractivity contribution in [1.29, 1.82) is 0 Å². The van der Waals surface area contributed by atoms with E-state index in [1.54, 1.807) is 19.3 Å². The minimum absolute atomic E-state index is 0.114. The molecule has 0 aliphatic carbocycles. The van der Waals surface area contributed by atoms with Crippen LogP contribution in [-0.2, 0) is 16.1 Å². The Bertz CT molecular complexity index is 306. The van der Waals surface area contributed by atoms with Crippen molar-refractivity contribution in [1.82, 2.24) is 5.32 Å². The number of amides is 1. The summed E-state index contributed by atoms with van der Waals surface area (Å²) in [7, 11) is 0. The van der Waals surface area contributed by atoms with Crippen molar-refractivity contribution in [2.24, 2.45) is 5.92 Å². The van der Waals surface area contributed by atoms with Crippen LogP contribution >= 0.6 is 0 Å². The quantitative estimate of drug-likeness (QED) is 0.805. The van der Waals surface area contributed by atoms with Gasteiger partial charge in [0, 0.05) is 6.61 Å². The van der Waals surface area contributed by atoms with Crippen molar-refractivity contribution >= 4 is 5.91 Å². The molecule has 90 valence electrons. The number of nitrogens with one attached hydrogen (secondary N) is 1. The first-order valence-electron chi connectivity index (χ1n) is 5.51. The zero-order valence-corrected chi connectivity index (χ0v) is 10.0. The Hall–Kier alpha value is -1.29. The van der Waals surface area contributed by atoms with Crippen molar-refractivity contribution in [2.45, 2.75) is 33.4 Å². The summed E-state index contributed by atoms with van der Waals surface area (Å²) in [5, 5.41) is 2.75. The zero-order chi connectivity index (χ0) is 12.0. The van der Waals surface area contributed by atoms with E-state index in [-0.39, 0.29) is 5.91 Å². The molecule has 0 fully saturated rings. The first kappa shape index (κ1) is 12.8. The fraction of sp³-hybridized carbons (Fsp3) is 0.583. The molecule has 0 spiro atoms. The lowest BCUT2D eigenvalue weighted by Crippen LogP contribution is -2.34. The van der Waals surface area contributed by atoms with E-state index in [4.69, 9.17) is 9.15 Å². The van der Waals surface area contributed by atoms with Crippen LogP contribution in [0.5, 0.6) is 0 Å². The Morgan fingerprint density at radius 2 is 2.25 bits per heavy atom. The molecule has 0 radical (unpaired) electrons. The van der Waals surface area contributed by atoms with E-state index >= 15 is 0 Å². The summed E-state index contributed by atoms with van der Waals surface area (Å²) in [4.78, 5) is 11.6. The van der Waals surface area contributed by atoms with E-state index in [2.05, 4.69) is 5.32 Å². The van der Waals surface area contributed by atoms with Gasteiger partial charge in [-0.1, -0.05) is 13.8 Å². The first-order valence-corrected chi connectivity index (χ1v) is 5.51. The molecule has 1 heterocycles. The second-order valence-corrected chi connectivity index (χ2v) is 4.17. The van der Waals surface area contributed by atoms with Crippen molar-refractivity contribution in [3.8, 4) is 0 Å². The normalized spacial score (nSPS) is 12.8. The summed E-state index contributed by atoms with van der Waals surface area (Å²) in [6.45, 7) is 6.84. The number of hydrogen-bond acceptors (Lipinski definition) is 3. The Balaban J connectivity index is 2.23. The van der Waals surface area contributed by atoms with Gasteiger partial charge in [-0.2, -0.15) is 0 Å². The lowest BCUT2D eigenvalue weighted by molar-refractivity contribution is -0.132. The van der Waals surface area contributed by atoms with Gasteiger partial charge in [-0.05, 0) is 25.0 Å². The highest BCUT2D eigenvalue weighted by Gasteiger charge is 2.13. The van der Waals surface area contributed by atoms with Crippen molar-refractivity contribution in [2.75, 3.05) is 6.61 Å². The maximum absolute atomic E-state index is 11.6. The van der Waals surface area contributed by atoms with Crippen LogP contribution in [0.15, 0.2) is 22.8 Å². The first-order chi connectivity index (χ1) is 7.59. The molecule has 1 atom stereocenters. The molecule has 1 aromatic rings.